The van der Waals surface area contributed by atoms with Crippen molar-refractivity contribution in [3.8, 4) is 0 Å². The Balaban J connectivity index is 2.46. The molecule has 0 aliphatic rings. The van der Waals surface area contributed by atoms with E-state index in [1.807, 2.05) is 18.2 Å². The Hall–Kier alpha value is -0.490. The summed E-state index contributed by atoms with van der Waals surface area (Å²) in [5.74, 6) is 0. The van der Waals surface area contributed by atoms with Gasteiger partial charge in [-0.25, -0.2) is 4.98 Å². The molecule has 0 aliphatic carbocycles. The fraction of sp³-hybridized carbons (Fsp3) is 0.300. The van der Waals surface area contributed by atoms with E-state index in [1.165, 1.54) is 0 Å². The van der Waals surface area contributed by atoms with Crippen LogP contribution < -0.4 is 0 Å². The van der Waals surface area contributed by atoms with Gasteiger partial charge in [0.15, 0.2) is 5.01 Å². The van der Waals surface area contributed by atoms with Crippen LogP contribution in [0.1, 0.15) is 11.3 Å². The van der Waals surface area contributed by atoms with Gasteiger partial charge < -0.3 is 9.47 Å². The van der Waals surface area contributed by atoms with Crippen LogP contribution in [0, 0.1) is 0 Å². The molecule has 0 fully saturated rings. The molecule has 15 heavy (non-hydrogen) atoms. The maximum atomic E-state index is 5.16. The summed E-state index contributed by atoms with van der Waals surface area (Å²) in [6.07, 6.45) is -0.374. The quantitative estimate of drug-likeness (QED) is 0.812. The second-order valence-corrected chi connectivity index (χ2v) is 4.95. The van der Waals surface area contributed by atoms with E-state index >= 15 is 0 Å². The number of halogens is 1. The lowest BCUT2D eigenvalue weighted by molar-refractivity contribution is -0.105. The van der Waals surface area contributed by atoms with Gasteiger partial charge in [-0.1, -0.05) is 15.9 Å². The average Bonchev–Trinajstić information content (AvgIpc) is 2.62. The standard InChI is InChI=1S/C10H10BrNO2S/c1-13-10(14-2)9-12-7-4-3-6(11)5-8(7)15-9/h3-5,10H,1-2H3. The van der Waals surface area contributed by atoms with E-state index in [1.54, 1.807) is 25.6 Å². The number of thiazole rings is 1. The van der Waals surface area contributed by atoms with Crippen LogP contribution in [0.3, 0.4) is 0 Å². The number of fused-ring (bicyclic) bond motifs is 1. The molecule has 2 aromatic rings. The molecule has 1 heterocycles. The molecule has 1 aromatic heterocycles. The Morgan fingerprint density at radius 1 is 1.33 bits per heavy atom. The van der Waals surface area contributed by atoms with Gasteiger partial charge >= 0.3 is 0 Å². The predicted octanol–water partition coefficient (Wildman–Crippen LogP) is 3.35. The zero-order chi connectivity index (χ0) is 10.8. The van der Waals surface area contributed by atoms with Gasteiger partial charge in [0, 0.05) is 18.7 Å². The Morgan fingerprint density at radius 3 is 2.73 bits per heavy atom. The Bertz CT molecular complexity index is 467. The van der Waals surface area contributed by atoms with Crippen molar-refractivity contribution in [2.45, 2.75) is 6.29 Å². The number of ether oxygens (including phenoxy) is 2. The lowest BCUT2D eigenvalue weighted by Gasteiger charge is -2.08. The van der Waals surface area contributed by atoms with Gasteiger partial charge in [-0.15, -0.1) is 11.3 Å². The van der Waals surface area contributed by atoms with E-state index in [2.05, 4.69) is 20.9 Å². The zero-order valence-electron chi connectivity index (χ0n) is 8.36. The van der Waals surface area contributed by atoms with Crippen LogP contribution in [0.5, 0.6) is 0 Å². The molecular weight excluding hydrogens is 278 g/mol. The molecule has 0 spiro atoms. The highest BCUT2D eigenvalue weighted by molar-refractivity contribution is 9.10. The van der Waals surface area contributed by atoms with Crippen LogP contribution in [-0.4, -0.2) is 19.2 Å². The summed E-state index contributed by atoms with van der Waals surface area (Å²) < 4.78 is 12.5. The van der Waals surface area contributed by atoms with E-state index in [0.717, 1.165) is 19.7 Å². The molecule has 0 atom stereocenters. The van der Waals surface area contributed by atoms with Crippen molar-refractivity contribution in [3.05, 3.63) is 27.7 Å². The Kier molecular flexibility index (Phi) is 3.35. The first kappa shape index (κ1) is 11.0. The van der Waals surface area contributed by atoms with Gasteiger partial charge in [0.1, 0.15) is 0 Å². The number of benzene rings is 1. The lowest BCUT2D eigenvalue weighted by atomic mass is 10.3. The molecule has 0 N–H and O–H groups in total. The molecule has 0 aliphatic heterocycles. The van der Waals surface area contributed by atoms with Crippen LogP contribution in [0.25, 0.3) is 10.2 Å². The Morgan fingerprint density at radius 2 is 2.07 bits per heavy atom. The molecule has 0 bridgehead atoms. The number of aromatic nitrogens is 1. The van der Waals surface area contributed by atoms with E-state index < -0.39 is 0 Å². The predicted molar refractivity (Wildman–Crippen MR) is 64.1 cm³/mol. The third-order valence-electron chi connectivity index (χ3n) is 2.00. The van der Waals surface area contributed by atoms with Crippen molar-refractivity contribution in [2.75, 3.05) is 14.2 Å². The summed E-state index contributed by atoms with van der Waals surface area (Å²) in [5.41, 5.74) is 0.970. The third kappa shape index (κ3) is 2.20. The highest BCUT2D eigenvalue weighted by atomic mass is 79.9. The maximum Gasteiger partial charge on any atom is 0.210 e. The fourth-order valence-corrected chi connectivity index (χ4v) is 2.89. The van der Waals surface area contributed by atoms with Gasteiger partial charge in [-0.2, -0.15) is 0 Å². The SMILES string of the molecule is COC(OC)c1nc2ccc(Br)cc2s1. The number of methoxy groups -OCH3 is 2. The van der Waals surface area contributed by atoms with E-state index in [-0.39, 0.29) is 6.29 Å². The maximum absolute atomic E-state index is 5.16. The van der Waals surface area contributed by atoms with Gasteiger partial charge in [0.2, 0.25) is 6.29 Å². The summed E-state index contributed by atoms with van der Waals surface area (Å²) in [6.45, 7) is 0. The number of rotatable bonds is 3. The summed E-state index contributed by atoms with van der Waals surface area (Å²) in [5, 5.41) is 0.841. The first-order valence-corrected chi connectivity index (χ1v) is 5.97. The molecular formula is C10H10BrNO2S. The minimum Gasteiger partial charge on any atom is -0.350 e. The van der Waals surface area contributed by atoms with Crippen LogP contribution in [0.2, 0.25) is 0 Å². The summed E-state index contributed by atoms with van der Waals surface area (Å²) in [6, 6.07) is 5.99. The normalized spacial score (nSPS) is 11.5. The van der Waals surface area contributed by atoms with Crippen molar-refractivity contribution in [3.63, 3.8) is 0 Å². The van der Waals surface area contributed by atoms with E-state index in [4.69, 9.17) is 9.47 Å². The molecule has 0 amide bonds. The number of nitrogens with zero attached hydrogens (tertiary/aromatic N) is 1. The smallest absolute Gasteiger partial charge is 0.210 e. The van der Waals surface area contributed by atoms with Gasteiger partial charge in [-0.05, 0) is 18.2 Å². The molecule has 0 saturated heterocycles. The summed E-state index contributed by atoms with van der Waals surface area (Å²) >= 11 is 5.01. The van der Waals surface area contributed by atoms with Crippen molar-refractivity contribution in [1.29, 1.82) is 0 Å². The molecule has 0 unspecified atom stereocenters. The molecule has 80 valence electrons. The fourth-order valence-electron chi connectivity index (χ4n) is 1.31. The topological polar surface area (TPSA) is 31.4 Å². The average molecular weight is 288 g/mol. The minimum absolute atomic E-state index is 0.374. The first-order valence-electron chi connectivity index (χ1n) is 4.36. The molecule has 1 aromatic carbocycles. The van der Waals surface area contributed by atoms with Crippen molar-refractivity contribution in [2.24, 2.45) is 0 Å². The minimum atomic E-state index is -0.374. The highest BCUT2D eigenvalue weighted by Crippen LogP contribution is 2.30. The highest BCUT2D eigenvalue weighted by Gasteiger charge is 2.14. The largest absolute Gasteiger partial charge is 0.350 e. The van der Waals surface area contributed by atoms with Crippen molar-refractivity contribution >= 4 is 37.5 Å². The molecule has 2 rings (SSSR count). The first-order chi connectivity index (χ1) is 7.24. The second-order valence-electron chi connectivity index (χ2n) is 2.97. The monoisotopic (exact) mass is 287 g/mol. The lowest BCUT2D eigenvalue weighted by Crippen LogP contribution is -2.02. The summed E-state index contributed by atoms with van der Waals surface area (Å²) in [7, 11) is 3.21. The van der Waals surface area contributed by atoms with E-state index in [0.29, 0.717) is 0 Å². The van der Waals surface area contributed by atoms with E-state index in [9.17, 15) is 0 Å². The summed E-state index contributed by atoms with van der Waals surface area (Å²) in [4.78, 5) is 4.44. The number of hydrogen-bond donors (Lipinski definition) is 0. The van der Waals surface area contributed by atoms with Crippen molar-refractivity contribution < 1.29 is 9.47 Å². The van der Waals surface area contributed by atoms with Gasteiger partial charge in [-0.3, -0.25) is 0 Å². The molecule has 5 heteroatoms. The third-order valence-corrected chi connectivity index (χ3v) is 3.53. The second kappa shape index (κ2) is 4.57. The van der Waals surface area contributed by atoms with Crippen LogP contribution in [0.15, 0.2) is 22.7 Å². The Labute approximate surface area is 100 Å². The van der Waals surface area contributed by atoms with Crippen LogP contribution in [0.4, 0.5) is 0 Å². The van der Waals surface area contributed by atoms with Gasteiger partial charge in [0.05, 0.1) is 10.2 Å². The van der Waals surface area contributed by atoms with Crippen molar-refractivity contribution in [1.82, 2.24) is 4.98 Å². The van der Waals surface area contributed by atoms with Crippen LogP contribution >= 0.6 is 27.3 Å². The van der Waals surface area contributed by atoms with Crippen LogP contribution in [-0.2, 0) is 9.47 Å². The van der Waals surface area contributed by atoms with Gasteiger partial charge in [0.25, 0.3) is 0 Å². The molecule has 0 radical (unpaired) electrons. The molecule has 3 nitrogen and oxygen atoms in total. The molecule has 0 saturated carbocycles. The number of hydrogen-bond acceptors (Lipinski definition) is 4. The zero-order valence-corrected chi connectivity index (χ0v) is 10.8.